The second-order valence-electron chi connectivity index (χ2n) is 19.2. The predicted molar refractivity (Wildman–Crippen MR) is 271 cm³/mol. The fourth-order valence-electron chi connectivity index (χ4n) is 8.65. The summed E-state index contributed by atoms with van der Waals surface area (Å²) in [5.74, 6) is -0.395. The molecule has 0 aromatic heterocycles. The number of aliphatic hydroxyl groups excluding tert-OH is 3. The number of unbranched alkanes of at least 4 members (excludes halogenated alkanes) is 32. The largest absolute Gasteiger partial charge is 0.457 e. The second kappa shape index (κ2) is 45.7. The summed E-state index contributed by atoms with van der Waals surface area (Å²) in [7, 11) is -5.06. The van der Waals surface area contributed by atoms with E-state index in [1.807, 2.05) is 0 Å². The second-order valence-corrected chi connectivity index (χ2v) is 20.2. The van der Waals surface area contributed by atoms with Crippen LogP contribution in [0.25, 0.3) is 0 Å². The van der Waals surface area contributed by atoms with Crippen molar-refractivity contribution in [2.45, 2.75) is 288 Å². The lowest BCUT2D eigenvalue weighted by atomic mass is 9.99. The van der Waals surface area contributed by atoms with Crippen molar-refractivity contribution in [1.82, 2.24) is 0 Å². The first-order chi connectivity index (χ1) is 32.6. The van der Waals surface area contributed by atoms with Gasteiger partial charge in [0.25, 0.3) is 0 Å². The highest BCUT2D eigenvalue weighted by atomic mass is 32.3. The van der Waals surface area contributed by atoms with E-state index in [0.717, 1.165) is 51.4 Å². The molecule has 0 amide bonds. The smallest absolute Gasteiger partial charge is 0.397 e. The first kappa shape index (κ1) is 63.6. The molecule has 1 aliphatic heterocycles. The molecule has 12 nitrogen and oxygen atoms in total. The van der Waals surface area contributed by atoms with Crippen LogP contribution < -0.4 is 0 Å². The Morgan fingerprint density at radius 2 is 0.985 bits per heavy atom. The van der Waals surface area contributed by atoms with Crippen molar-refractivity contribution >= 4 is 16.4 Å². The summed E-state index contributed by atoms with van der Waals surface area (Å²) >= 11 is 0. The van der Waals surface area contributed by atoms with Gasteiger partial charge in [-0.25, -0.2) is 4.18 Å². The van der Waals surface area contributed by atoms with Crippen LogP contribution in [-0.4, -0.2) is 97.5 Å². The standard InChI is InChI=1S/C54H102O12S/c1-3-5-7-9-11-13-15-17-19-21-23-24-25-26-27-29-31-33-35-37-39-41-43-50(56)64-48(47-63-54-52(58)53(66-67(59,60)61)51(57)49(45-55)65-54)46-62-44-42-40-38-36-34-32-30-28-22-20-18-16-14-12-10-8-6-4-2/h12,14,18,20,48-49,51-55,57-58H,3-11,13,15-17,19,21-47H2,1-2H3,(H,59,60,61)/b14-12-,20-18-. The Hall–Kier alpha value is -1.42. The maximum atomic E-state index is 12.9. The zero-order chi connectivity index (χ0) is 48.9. The van der Waals surface area contributed by atoms with Gasteiger partial charge in [-0.05, 0) is 44.9 Å². The molecule has 1 saturated heterocycles. The van der Waals surface area contributed by atoms with Gasteiger partial charge in [-0.2, -0.15) is 8.42 Å². The van der Waals surface area contributed by atoms with Crippen LogP contribution in [0.5, 0.6) is 0 Å². The Balaban J connectivity index is 2.31. The molecule has 4 N–H and O–H groups in total. The lowest BCUT2D eigenvalue weighted by Crippen LogP contribution is -2.60. The first-order valence-corrected chi connectivity index (χ1v) is 29.0. The Morgan fingerprint density at radius 3 is 1.45 bits per heavy atom. The van der Waals surface area contributed by atoms with Crippen LogP contribution in [0.3, 0.4) is 0 Å². The third-order valence-corrected chi connectivity index (χ3v) is 13.3. The molecule has 0 aromatic rings. The number of aliphatic hydroxyl groups is 3. The molecule has 0 spiro atoms. The number of ether oxygens (including phenoxy) is 4. The molecule has 0 aromatic carbocycles. The maximum absolute atomic E-state index is 12.9. The molecular weight excluding hydrogens is 873 g/mol. The van der Waals surface area contributed by atoms with Crippen LogP contribution in [0.4, 0.5) is 0 Å². The number of rotatable bonds is 49. The summed E-state index contributed by atoms with van der Waals surface area (Å²) in [5.41, 5.74) is 0. The summed E-state index contributed by atoms with van der Waals surface area (Å²) in [6.45, 7) is 4.01. The van der Waals surface area contributed by atoms with Gasteiger partial charge in [0.05, 0.1) is 19.8 Å². The van der Waals surface area contributed by atoms with E-state index in [-0.39, 0.29) is 19.6 Å². The van der Waals surface area contributed by atoms with E-state index < -0.39 is 59.8 Å². The Labute approximate surface area is 410 Å². The van der Waals surface area contributed by atoms with Gasteiger partial charge in [0.1, 0.15) is 30.5 Å². The van der Waals surface area contributed by atoms with Crippen molar-refractivity contribution < 1.29 is 56.2 Å². The lowest BCUT2D eigenvalue weighted by molar-refractivity contribution is -0.301. The molecule has 67 heavy (non-hydrogen) atoms. The molecule has 6 unspecified atom stereocenters. The van der Waals surface area contributed by atoms with Crippen LogP contribution in [0.1, 0.15) is 251 Å². The van der Waals surface area contributed by atoms with Crippen LogP contribution in [0.2, 0.25) is 0 Å². The van der Waals surface area contributed by atoms with Crippen molar-refractivity contribution in [2.75, 3.05) is 26.4 Å². The molecule has 1 fully saturated rings. The number of hydrogen-bond donors (Lipinski definition) is 4. The Bertz CT molecular complexity index is 1260. The van der Waals surface area contributed by atoms with E-state index in [0.29, 0.717) is 13.0 Å². The van der Waals surface area contributed by atoms with E-state index in [1.54, 1.807) is 0 Å². The molecule has 1 heterocycles. The lowest BCUT2D eigenvalue weighted by Gasteiger charge is -2.41. The fourth-order valence-corrected chi connectivity index (χ4v) is 9.16. The molecular formula is C54H102O12S. The van der Waals surface area contributed by atoms with Gasteiger partial charge in [-0.3, -0.25) is 9.35 Å². The summed E-state index contributed by atoms with van der Waals surface area (Å²) in [6, 6.07) is 0. The normalized spacial score (nSPS) is 19.5. The van der Waals surface area contributed by atoms with Crippen LogP contribution in [0, 0.1) is 0 Å². The van der Waals surface area contributed by atoms with E-state index >= 15 is 0 Å². The number of hydrogen-bond acceptors (Lipinski definition) is 11. The number of carbonyl (C=O) groups is 1. The van der Waals surface area contributed by atoms with Crippen LogP contribution in [-0.2, 0) is 38.3 Å². The summed E-state index contributed by atoms with van der Waals surface area (Å²) in [6.07, 6.45) is 45.0. The third kappa shape index (κ3) is 39.0. The van der Waals surface area contributed by atoms with Gasteiger partial charge in [0.2, 0.25) is 0 Å². The highest BCUT2D eigenvalue weighted by Crippen LogP contribution is 2.26. The minimum absolute atomic E-state index is 0.0363. The molecule has 1 rings (SSSR count). The van der Waals surface area contributed by atoms with Gasteiger partial charge in [0, 0.05) is 13.0 Å². The number of esters is 1. The first-order valence-electron chi connectivity index (χ1n) is 27.6. The van der Waals surface area contributed by atoms with Gasteiger partial charge >= 0.3 is 16.4 Å². The van der Waals surface area contributed by atoms with Crippen molar-refractivity contribution in [1.29, 1.82) is 0 Å². The minimum atomic E-state index is -5.06. The van der Waals surface area contributed by atoms with Crippen molar-refractivity contribution in [3.63, 3.8) is 0 Å². The topological polar surface area (TPSA) is 178 Å². The highest BCUT2D eigenvalue weighted by Gasteiger charge is 2.48. The van der Waals surface area contributed by atoms with E-state index in [4.69, 9.17) is 18.9 Å². The average molecular weight is 975 g/mol. The Morgan fingerprint density at radius 1 is 0.567 bits per heavy atom. The zero-order valence-electron chi connectivity index (χ0n) is 42.7. The quantitative estimate of drug-likeness (QED) is 0.0197. The molecule has 0 saturated carbocycles. The average Bonchev–Trinajstić information content (AvgIpc) is 3.30. The summed E-state index contributed by atoms with van der Waals surface area (Å²) in [4.78, 5) is 12.9. The molecule has 0 bridgehead atoms. The van der Waals surface area contributed by atoms with E-state index in [1.165, 1.54) is 173 Å². The van der Waals surface area contributed by atoms with Crippen LogP contribution >= 0.6 is 0 Å². The fraction of sp³-hybridized carbons (Fsp3) is 0.907. The maximum Gasteiger partial charge on any atom is 0.397 e. The van der Waals surface area contributed by atoms with Crippen molar-refractivity contribution in [3.8, 4) is 0 Å². The van der Waals surface area contributed by atoms with E-state index in [2.05, 4.69) is 42.3 Å². The molecule has 6 atom stereocenters. The van der Waals surface area contributed by atoms with Gasteiger partial charge in [-0.1, -0.05) is 224 Å². The Kier molecular flexibility index (Phi) is 43.4. The SMILES string of the molecule is CCCCC/C=C\C/C=C\CCCCCCCCCCOCC(COC1OC(CO)C(O)C(OS(=O)(=O)O)C1O)OC(=O)CCCCCCCCCCCCCCCCCCCCCCCC. The summed E-state index contributed by atoms with van der Waals surface area (Å²) < 4.78 is 59.3. The predicted octanol–water partition coefficient (Wildman–Crippen LogP) is 13.1. The van der Waals surface area contributed by atoms with Gasteiger partial charge in [-0.15, -0.1) is 0 Å². The molecule has 0 radical (unpaired) electrons. The van der Waals surface area contributed by atoms with Crippen molar-refractivity contribution in [2.24, 2.45) is 0 Å². The monoisotopic (exact) mass is 975 g/mol. The molecule has 1 aliphatic rings. The third-order valence-electron chi connectivity index (χ3n) is 12.8. The van der Waals surface area contributed by atoms with Gasteiger partial charge in [0.15, 0.2) is 6.29 Å². The number of carbonyl (C=O) groups excluding carboxylic acids is 1. The van der Waals surface area contributed by atoms with E-state index in [9.17, 15) is 33.1 Å². The molecule has 13 heteroatoms. The van der Waals surface area contributed by atoms with Gasteiger partial charge < -0.3 is 34.3 Å². The minimum Gasteiger partial charge on any atom is -0.457 e. The number of allylic oxidation sites excluding steroid dienone is 4. The molecule has 0 aliphatic carbocycles. The van der Waals surface area contributed by atoms with Crippen LogP contribution in [0.15, 0.2) is 24.3 Å². The van der Waals surface area contributed by atoms with Crippen molar-refractivity contribution in [3.05, 3.63) is 24.3 Å². The molecule has 396 valence electrons. The highest BCUT2D eigenvalue weighted by molar-refractivity contribution is 7.80. The zero-order valence-corrected chi connectivity index (χ0v) is 43.5. The summed E-state index contributed by atoms with van der Waals surface area (Å²) in [5, 5.41) is 30.8.